The molecule has 3 rings (SSSR count). The molecule has 0 saturated heterocycles. The lowest BCUT2D eigenvalue weighted by molar-refractivity contribution is -0.384. The van der Waals surface area contributed by atoms with Crippen LogP contribution >= 0.6 is 11.8 Å². The third kappa shape index (κ3) is 4.83. The number of thioether (sulfide) groups is 1. The minimum absolute atomic E-state index is 0.0501. The van der Waals surface area contributed by atoms with Crippen molar-refractivity contribution in [2.75, 3.05) is 5.75 Å². The zero-order chi connectivity index (χ0) is 21.2. The first-order chi connectivity index (χ1) is 13.7. The van der Waals surface area contributed by atoms with Crippen molar-refractivity contribution in [2.45, 2.75) is 45.1 Å². The number of carbonyl (C=O) groups excluding carboxylic acids is 1. The number of benzene rings is 1. The van der Waals surface area contributed by atoms with E-state index in [-0.39, 0.29) is 22.6 Å². The normalized spacial score (nSPS) is 16.0. The van der Waals surface area contributed by atoms with E-state index in [1.54, 1.807) is 0 Å². The fraction of sp³-hybridized carbons (Fsp3) is 0.409. The Hall–Kier alpha value is -2.72. The fourth-order valence-corrected chi connectivity index (χ4v) is 4.43. The highest BCUT2D eigenvalue weighted by Gasteiger charge is 2.30. The zero-order valence-electron chi connectivity index (χ0n) is 16.8. The van der Waals surface area contributed by atoms with E-state index in [9.17, 15) is 20.2 Å². The molecule has 1 aromatic heterocycles. The van der Waals surface area contributed by atoms with Crippen LogP contribution in [-0.2, 0) is 12.8 Å². The van der Waals surface area contributed by atoms with Crippen molar-refractivity contribution in [3.63, 3.8) is 0 Å². The van der Waals surface area contributed by atoms with Gasteiger partial charge in [-0.15, -0.1) is 0 Å². The van der Waals surface area contributed by atoms with E-state index >= 15 is 0 Å². The Bertz CT molecular complexity index is 988. The Kier molecular flexibility index (Phi) is 6.04. The largest absolute Gasteiger partial charge is 0.293 e. The molecule has 0 fully saturated rings. The number of nitro groups is 1. The molecule has 6 nitrogen and oxygen atoms in total. The molecule has 1 aromatic carbocycles. The topological polar surface area (TPSA) is 96.9 Å². The second-order valence-corrected chi connectivity index (χ2v) is 9.34. The van der Waals surface area contributed by atoms with Gasteiger partial charge in [-0.05, 0) is 54.4 Å². The van der Waals surface area contributed by atoms with Gasteiger partial charge in [-0.25, -0.2) is 4.98 Å². The Morgan fingerprint density at radius 2 is 2.03 bits per heavy atom. The van der Waals surface area contributed by atoms with Gasteiger partial charge in [0.2, 0.25) is 0 Å². The van der Waals surface area contributed by atoms with Crippen LogP contribution in [0.5, 0.6) is 0 Å². The third-order valence-corrected chi connectivity index (χ3v) is 6.43. The van der Waals surface area contributed by atoms with Crippen LogP contribution in [0.1, 0.15) is 54.4 Å². The van der Waals surface area contributed by atoms with Crippen molar-refractivity contribution >= 4 is 23.2 Å². The van der Waals surface area contributed by atoms with E-state index in [0.29, 0.717) is 22.1 Å². The van der Waals surface area contributed by atoms with Gasteiger partial charge >= 0.3 is 0 Å². The van der Waals surface area contributed by atoms with E-state index in [4.69, 9.17) is 4.98 Å². The summed E-state index contributed by atoms with van der Waals surface area (Å²) in [5.74, 6) is 0.537. The maximum atomic E-state index is 12.4. The number of nitro benzene ring substituents is 1. The number of carbonyl (C=O) groups is 1. The van der Waals surface area contributed by atoms with E-state index in [2.05, 4.69) is 26.8 Å². The Balaban J connectivity index is 1.74. The SMILES string of the molecule is CC(C)(C)C1CCc2nc(SCC(=O)c3ccc([N+](=O)[O-])cc3)c(C#N)cc2C1. The van der Waals surface area contributed by atoms with Crippen LogP contribution in [0.3, 0.4) is 0 Å². The average Bonchev–Trinajstić information content (AvgIpc) is 2.70. The summed E-state index contributed by atoms with van der Waals surface area (Å²) >= 11 is 1.25. The molecule has 150 valence electrons. The quantitative estimate of drug-likeness (QED) is 0.299. The van der Waals surface area contributed by atoms with Crippen LogP contribution in [-0.4, -0.2) is 21.4 Å². The summed E-state index contributed by atoms with van der Waals surface area (Å²) in [6.07, 6.45) is 2.88. The Morgan fingerprint density at radius 3 is 2.62 bits per heavy atom. The lowest BCUT2D eigenvalue weighted by Gasteiger charge is -2.34. The second kappa shape index (κ2) is 8.34. The van der Waals surface area contributed by atoms with E-state index in [0.717, 1.165) is 30.5 Å². The number of hydrogen-bond donors (Lipinski definition) is 0. The predicted octanol–water partition coefficient (Wildman–Crippen LogP) is 4.99. The minimum Gasteiger partial charge on any atom is -0.293 e. The average molecular weight is 410 g/mol. The second-order valence-electron chi connectivity index (χ2n) is 8.38. The van der Waals surface area contributed by atoms with Crippen LogP contribution in [0.2, 0.25) is 0 Å². The van der Waals surface area contributed by atoms with Crippen molar-refractivity contribution < 1.29 is 9.72 Å². The number of hydrogen-bond acceptors (Lipinski definition) is 6. The van der Waals surface area contributed by atoms with Gasteiger partial charge in [0, 0.05) is 23.4 Å². The molecule has 0 radical (unpaired) electrons. The summed E-state index contributed by atoms with van der Waals surface area (Å²) in [6.45, 7) is 6.74. The molecular formula is C22H23N3O3S. The minimum atomic E-state index is -0.497. The molecule has 0 saturated carbocycles. The number of pyridine rings is 1. The molecule has 1 atom stereocenters. The summed E-state index contributed by atoms with van der Waals surface area (Å²) in [4.78, 5) is 27.4. The van der Waals surface area contributed by atoms with Crippen LogP contribution in [0.4, 0.5) is 5.69 Å². The van der Waals surface area contributed by atoms with Crippen molar-refractivity contribution in [3.05, 3.63) is 62.8 Å². The lowest BCUT2D eigenvalue weighted by atomic mass is 9.71. The molecule has 0 N–H and O–H groups in total. The predicted molar refractivity (Wildman–Crippen MR) is 112 cm³/mol. The molecule has 1 aliphatic rings. The number of ketones is 1. The number of aryl methyl sites for hydroxylation is 1. The molecular weight excluding hydrogens is 386 g/mol. The Labute approximate surface area is 174 Å². The van der Waals surface area contributed by atoms with Gasteiger partial charge in [-0.1, -0.05) is 32.5 Å². The summed E-state index contributed by atoms with van der Waals surface area (Å²) in [5.41, 5.74) is 3.24. The highest BCUT2D eigenvalue weighted by atomic mass is 32.2. The standard InChI is InChI=1S/C22H23N3O3S/c1-22(2,3)17-6-9-19-15(11-17)10-16(12-23)21(24-19)29-13-20(26)14-4-7-18(8-5-14)25(27)28/h4-5,7-8,10,17H,6,9,11,13H2,1-3H3. The summed E-state index contributed by atoms with van der Waals surface area (Å²) in [6, 6.07) is 9.70. The van der Waals surface area contributed by atoms with Crippen LogP contribution in [0, 0.1) is 32.8 Å². The maximum absolute atomic E-state index is 12.4. The van der Waals surface area contributed by atoms with E-state index in [1.165, 1.54) is 36.0 Å². The van der Waals surface area contributed by atoms with E-state index in [1.807, 2.05) is 6.07 Å². The number of nitrogens with zero attached hydrogens (tertiary/aromatic N) is 3. The number of fused-ring (bicyclic) bond motifs is 1. The van der Waals surface area contributed by atoms with Crippen molar-refractivity contribution in [1.82, 2.24) is 4.98 Å². The van der Waals surface area contributed by atoms with Gasteiger partial charge in [0.25, 0.3) is 5.69 Å². The van der Waals surface area contributed by atoms with Crippen molar-refractivity contribution in [3.8, 4) is 6.07 Å². The van der Waals surface area contributed by atoms with Crippen LogP contribution in [0.25, 0.3) is 0 Å². The number of non-ortho nitro benzene ring substituents is 1. The third-order valence-electron chi connectivity index (χ3n) is 5.44. The maximum Gasteiger partial charge on any atom is 0.269 e. The van der Waals surface area contributed by atoms with Gasteiger partial charge in [-0.3, -0.25) is 14.9 Å². The smallest absolute Gasteiger partial charge is 0.269 e. The van der Waals surface area contributed by atoms with Crippen molar-refractivity contribution in [1.29, 1.82) is 5.26 Å². The molecule has 7 heteroatoms. The molecule has 1 aliphatic carbocycles. The molecule has 1 unspecified atom stereocenters. The van der Waals surface area contributed by atoms with Crippen molar-refractivity contribution in [2.24, 2.45) is 11.3 Å². The zero-order valence-corrected chi connectivity index (χ0v) is 17.6. The van der Waals surface area contributed by atoms with Gasteiger partial charge in [-0.2, -0.15) is 5.26 Å². The summed E-state index contributed by atoms with van der Waals surface area (Å²) < 4.78 is 0. The van der Waals surface area contributed by atoms with Gasteiger partial charge < -0.3 is 0 Å². The number of nitriles is 1. The number of rotatable bonds is 5. The number of Topliss-reactive ketones (excluding diaryl/α,β-unsaturated/α-hetero) is 1. The molecule has 2 aromatic rings. The van der Waals surface area contributed by atoms with Gasteiger partial charge in [0.1, 0.15) is 11.1 Å². The highest BCUT2D eigenvalue weighted by Crippen LogP contribution is 2.38. The molecule has 29 heavy (non-hydrogen) atoms. The fourth-order valence-electron chi connectivity index (χ4n) is 3.56. The summed E-state index contributed by atoms with van der Waals surface area (Å²) in [7, 11) is 0. The Morgan fingerprint density at radius 1 is 1.34 bits per heavy atom. The highest BCUT2D eigenvalue weighted by molar-refractivity contribution is 8.00. The van der Waals surface area contributed by atoms with Crippen LogP contribution < -0.4 is 0 Å². The monoisotopic (exact) mass is 409 g/mol. The first kappa shape index (κ1) is 21.0. The lowest BCUT2D eigenvalue weighted by Crippen LogP contribution is -2.27. The molecule has 0 bridgehead atoms. The number of aromatic nitrogens is 1. The van der Waals surface area contributed by atoms with Gasteiger partial charge in [0.05, 0.1) is 16.2 Å². The first-order valence-electron chi connectivity index (χ1n) is 9.52. The summed E-state index contributed by atoms with van der Waals surface area (Å²) in [5, 5.41) is 20.9. The molecule has 0 aliphatic heterocycles. The van der Waals surface area contributed by atoms with Crippen LogP contribution in [0.15, 0.2) is 35.4 Å². The first-order valence-corrected chi connectivity index (χ1v) is 10.5. The molecule has 0 amide bonds. The van der Waals surface area contributed by atoms with Gasteiger partial charge in [0.15, 0.2) is 5.78 Å². The molecule has 1 heterocycles. The van der Waals surface area contributed by atoms with E-state index < -0.39 is 4.92 Å². The molecule has 0 spiro atoms.